The van der Waals surface area contributed by atoms with Gasteiger partial charge in [-0.15, -0.1) is 0 Å². The van der Waals surface area contributed by atoms with Gasteiger partial charge in [0.05, 0.1) is 24.5 Å². The lowest BCUT2D eigenvalue weighted by atomic mass is 9.82. The van der Waals surface area contributed by atoms with Crippen LogP contribution in [0.5, 0.6) is 5.75 Å². The van der Waals surface area contributed by atoms with E-state index in [0.29, 0.717) is 6.61 Å². The first-order valence-electron chi connectivity index (χ1n) is 14.8. The molecule has 0 N–H and O–H groups in total. The molecule has 3 rings (SSSR count). The zero-order valence-corrected chi connectivity index (χ0v) is 26.9. The Bertz CT molecular complexity index is 1150. The average Bonchev–Trinajstić information content (AvgIpc) is 2.82. The van der Waals surface area contributed by atoms with E-state index in [1.165, 1.54) is 0 Å². The number of carbonyl (C=O) groups is 1. The predicted octanol–water partition coefficient (Wildman–Crippen LogP) is 8.23. The van der Waals surface area contributed by atoms with Crippen molar-refractivity contribution in [1.82, 2.24) is 4.98 Å². The lowest BCUT2D eigenvalue weighted by molar-refractivity contribution is -0.166. The summed E-state index contributed by atoms with van der Waals surface area (Å²) in [5.41, 5.74) is 5.60. The van der Waals surface area contributed by atoms with Crippen molar-refractivity contribution < 1.29 is 19.0 Å². The van der Waals surface area contributed by atoms with Crippen molar-refractivity contribution in [2.24, 2.45) is 10.8 Å². The summed E-state index contributed by atoms with van der Waals surface area (Å²) in [7, 11) is 0. The van der Waals surface area contributed by atoms with E-state index in [1.807, 2.05) is 46.8 Å². The summed E-state index contributed by atoms with van der Waals surface area (Å²) in [6.07, 6.45) is 2.24. The monoisotopic (exact) mass is 552 g/mol. The molecule has 0 spiro atoms. The average molecular weight is 553 g/mol. The van der Waals surface area contributed by atoms with Crippen LogP contribution in [0.3, 0.4) is 0 Å². The maximum Gasteiger partial charge on any atom is 0.340 e. The van der Waals surface area contributed by atoms with E-state index >= 15 is 0 Å². The third kappa shape index (κ3) is 8.45. The van der Waals surface area contributed by atoms with E-state index in [4.69, 9.17) is 19.2 Å². The first kappa shape index (κ1) is 31.9. The Labute approximate surface area is 242 Å². The largest absolute Gasteiger partial charge is 0.494 e. The number of ether oxygens (including phenoxy) is 3. The lowest BCUT2D eigenvalue weighted by Crippen LogP contribution is -2.39. The highest BCUT2D eigenvalue weighted by Gasteiger charge is 2.37. The SMILES string of the molecule is CCOC(=O)C(OC(C)(C)C)c1c(C)nc(C)c(-c2ccc(OCCC(C)(C)C)cc2)c1N1CCC(C)(C)CC1. The Morgan fingerprint density at radius 2 is 1.60 bits per heavy atom. The third-order valence-corrected chi connectivity index (χ3v) is 7.51. The number of carbonyl (C=O) groups excluding carboxylic acids is 1. The van der Waals surface area contributed by atoms with E-state index in [0.717, 1.165) is 71.9 Å². The normalized spacial score (nSPS) is 16.5. The van der Waals surface area contributed by atoms with E-state index in [-0.39, 0.29) is 23.4 Å². The number of piperidine rings is 1. The van der Waals surface area contributed by atoms with Crippen molar-refractivity contribution in [3.8, 4) is 16.9 Å². The number of hydrogen-bond acceptors (Lipinski definition) is 6. The van der Waals surface area contributed by atoms with Crippen LogP contribution >= 0.6 is 0 Å². The number of esters is 1. The molecule has 6 nitrogen and oxygen atoms in total. The summed E-state index contributed by atoms with van der Waals surface area (Å²) in [5, 5.41) is 0. The Kier molecular flexibility index (Phi) is 9.98. The molecule has 2 aromatic rings. The molecule has 1 aliphatic rings. The summed E-state index contributed by atoms with van der Waals surface area (Å²) in [4.78, 5) is 20.9. The van der Waals surface area contributed by atoms with Crippen molar-refractivity contribution >= 4 is 11.7 Å². The fraction of sp³-hybridized carbons (Fsp3) is 0.647. The first-order chi connectivity index (χ1) is 18.5. The molecule has 1 aliphatic heterocycles. The van der Waals surface area contributed by atoms with Crippen LogP contribution in [0.1, 0.15) is 105 Å². The number of benzene rings is 1. The molecule has 1 unspecified atom stereocenters. The van der Waals surface area contributed by atoms with Gasteiger partial charge >= 0.3 is 5.97 Å². The molecule has 222 valence electrons. The number of aryl methyl sites for hydroxylation is 2. The Morgan fingerprint density at radius 1 is 1.00 bits per heavy atom. The summed E-state index contributed by atoms with van der Waals surface area (Å²) in [6.45, 7) is 25.9. The second-order valence-corrected chi connectivity index (χ2v) is 14.1. The van der Waals surface area contributed by atoms with E-state index < -0.39 is 11.7 Å². The smallest absolute Gasteiger partial charge is 0.340 e. The van der Waals surface area contributed by atoms with Crippen LogP contribution in [0.2, 0.25) is 0 Å². The molecule has 0 saturated carbocycles. The predicted molar refractivity (Wildman–Crippen MR) is 164 cm³/mol. The number of aromatic nitrogens is 1. The fourth-order valence-electron chi connectivity index (χ4n) is 5.16. The fourth-order valence-corrected chi connectivity index (χ4v) is 5.16. The standard InChI is InChI=1S/C34H52N2O4/c1-12-38-31(37)30(40-33(7,8)9)28-24(3)35-23(2)27(29(28)36-20-17-34(10,11)18-21-36)25-13-15-26(16-14-25)39-22-19-32(4,5)6/h13-16,30H,12,17-22H2,1-11H3. The first-order valence-corrected chi connectivity index (χ1v) is 14.8. The number of pyridine rings is 1. The number of anilines is 1. The molecule has 0 bridgehead atoms. The number of rotatable bonds is 9. The van der Waals surface area contributed by atoms with Crippen LogP contribution < -0.4 is 9.64 Å². The van der Waals surface area contributed by atoms with Crippen molar-refractivity contribution in [2.75, 3.05) is 31.2 Å². The van der Waals surface area contributed by atoms with Gasteiger partial charge in [-0.25, -0.2) is 4.79 Å². The second-order valence-electron chi connectivity index (χ2n) is 14.1. The van der Waals surface area contributed by atoms with Gasteiger partial charge in [-0.05, 0) is 89.3 Å². The molecule has 2 heterocycles. The van der Waals surface area contributed by atoms with Crippen molar-refractivity contribution in [1.29, 1.82) is 0 Å². The van der Waals surface area contributed by atoms with Gasteiger partial charge in [0.2, 0.25) is 0 Å². The number of hydrogen-bond donors (Lipinski definition) is 0. The minimum absolute atomic E-state index is 0.226. The Balaban J connectivity index is 2.16. The quantitative estimate of drug-likeness (QED) is 0.292. The van der Waals surface area contributed by atoms with E-state index in [9.17, 15) is 4.79 Å². The molecule has 0 amide bonds. The van der Waals surface area contributed by atoms with Crippen LogP contribution in [0.15, 0.2) is 24.3 Å². The second kappa shape index (κ2) is 12.5. The molecule has 0 radical (unpaired) electrons. The maximum absolute atomic E-state index is 13.4. The number of nitrogens with zero attached hydrogens (tertiary/aromatic N) is 2. The molecular weight excluding hydrogens is 500 g/mol. The molecule has 1 aromatic heterocycles. The molecule has 1 saturated heterocycles. The van der Waals surface area contributed by atoms with Gasteiger partial charge in [-0.1, -0.05) is 46.8 Å². The summed E-state index contributed by atoms with van der Waals surface area (Å²) < 4.78 is 18.1. The topological polar surface area (TPSA) is 60.9 Å². The van der Waals surface area contributed by atoms with Gasteiger partial charge in [0, 0.05) is 35.6 Å². The molecule has 0 aliphatic carbocycles. The zero-order valence-electron chi connectivity index (χ0n) is 26.9. The molecule has 40 heavy (non-hydrogen) atoms. The van der Waals surface area contributed by atoms with Crippen LogP contribution in [-0.2, 0) is 14.3 Å². The summed E-state index contributed by atoms with van der Waals surface area (Å²) in [5.74, 6) is 0.478. The Hall–Kier alpha value is -2.60. The van der Waals surface area contributed by atoms with Gasteiger partial charge in [0.15, 0.2) is 6.10 Å². The van der Waals surface area contributed by atoms with Crippen molar-refractivity contribution in [3.63, 3.8) is 0 Å². The van der Waals surface area contributed by atoms with Gasteiger partial charge < -0.3 is 19.1 Å². The highest BCUT2D eigenvalue weighted by Crippen LogP contribution is 2.45. The van der Waals surface area contributed by atoms with Gasteiger partial charge in [0.1, 0.15) is 5.75 Å². The van der Waals surface area contributed by atoms with Crippen LogP contribution in [0.4, 0.5) is 5.69 Å². The molecule has 1 atom stereocenters. The van der Waals surface area contributed by atoms with Crippen LogP contribution in [-0.4, -0.2) is 42.9 Å². The van der Waals surface area contributed by atoms with Crippen molar-refractivity contribution in [3.05, 3.63) is 41.2 Å². The molecule has 1 aromatic carbocycles. The van der Waals surface area contributed by atoms with Gasteiger partial charge in [-0.3, -0.25) is 4.98 Å². The van der Waals surface area contributed by atoms with Crippen LogP contribution in [0, 0.1) is 24.7 Å². The lowest BCUT2D eigenvalue weighted by Gasteiger charge is -2.41. The van der Waals surface area contributed by atoms with Crippen molar-refractivity contribution in [2.45, 2.75) is 107 Å². The van der Waals surface area contributed by atoms with E-state index in [1.54, 1.807) is 0 Å². The minimum atomic E-state index is -0.878. The molecule has 6 heteroatoms. The zero-order chi connectivity index (χ0) is 29.9. The molecular formula is C34H52N2O4. The van der Waals surface area contributed by atoms with Gasteiger partial charge in [-0.2, -0.15) is 0 Å². The highest BCUT2D eigenvalue weighted by molar-refractivity contribution is 5.88. The minimum Gasteiger partial charge on any atom is -0.494 e. The summed E-state index contributed by atoms with van der Waals surface area (Å²) in [6, 6.07) is 8.29. The summed E-state index contributed by atoms with van der Waals surface area (Å²) >= 11 is 0. The van der Waals surface area contributed by atoms with Gasteiger partial charge in [0.25, 0.3) is 0 Å². The van der Waals surface area contributed by atoms with E-state index in [2.05, 4.69) is 58.6 Å². The van der Waals surface area contributed by atoms with Crippen LogP contribution in [0.25, 0.3) is 11.1 Å². The molecule has 1 fully saturated rings. The third-order valence-electron chi connectivity index (χ3n) is 7.51. The highest BCUT2D eigenvalue weighted by atomic mass is 16.6. The maximum atomic E-state index is 13.4. The Morgan fingerprint density at radius 3 is 2.12 bits per heavy atom.